The van der Waals surface area contributed by atoms with Crippen LogP contribution >= 0.6 is 54.5 Å². The first-order chi connectivity index (χ1) is 10.1. The standard InChI is InChI=1S/C12H4Br2N2O3S2/c13-5-3-7(20-4-5)12(18)10-9(15-19-16-10)11(17)6-1-2-8(14)21-6/h1-4H. The number of carbonyl (C=O) groups excluding carboxylic acids is 2. The third-order valence-electron chi connectivity index (χ3n) is 2.51. The maximum absolute atomic E-state index is 12.4. The average molecular weight is 448 g/mol. The minimum absolute atomic E-state index is 0.0705. The molecule has 0 amide bonds. The number of halogens is 2. The molecule has 0 saturated carbocycles. The summed E-state index contributed by atoms with van der Waals surface area (Å²) in [4.78, 5) is 25.6. The number of thiophene rings is 2. The van der Waals surface area contributed by atoms with E-state index in [1.165, 1.54) is 22.7 Å². The topological polar surface area (TPSA) is 73.1 Å². The summed E-state index contributed by atoms with van der Waals surface area (Å²) in [5.41, 5.74) is -0.141. The van der Waals surface area contributed by atoms with Gasteiger partial charge in [0, 0.05) is 9.85 Å². The van der Waals surface area contributed by atoms with Crippen molar-refractivity contribution in [1.29, 1.82) is 0 Å². The Bertz CT molecular complexity index is 770. The van der Waals surface area contributed by atoms with Gasteiger partial charge >= 0.3 is 0 Å². The van der Waals surface area contributed by atoms with Gasteiger partial charge in [-0.2, -0.15) is 0 Å². The lowest BCUT2D eigenvalue weighted by molar-refractivity contribution is 0.100. The third-order valence-corrected chi connectivity index (χ3v) is 5.82. The number of rotatable bonds is 4. The van der Waals surface area contributed by atoms with Crippen molar-refractivity contribution in [1.82, 2.24) is 10.3 Å². The molecule has 0 spiro atoms. The van der Waals surface area contributed by atoms with Crippen molar-refractivity contribution >= 4 is 66.1 Å². The summed E-state index contributed by atoms with van der Waals surface area (Å²) < 4.78 is 6.20. The molecular formula is C12H4Br2N2O3S2. The quantitative estimate of drug-likeness (QED) is 0.561. The monoisotopic (exact) mass is 446 g/mol. The van der Waals surface area contributed by atoms with E-state index in [0.29, 0.717) is 9.75 Å². The summed E-state index contributed by atoms with van der Waals surface area (Å²) in [5, 5.41) is 8.94. The van der Waals surface area contributed by atoms with Crippen LogP contribution in [-0.2, 0) is 0 Å². The van der Waals surface area contributed by atoms with Crippen molar-refractivity contribution in [2.75, 3.05) is 0 Å². The van der Waals surface area contributed by atoms with Gasteiger partial charge in [-0.15, -0.1) is 22.7 Å². The van der Waals surface area contributed by atoms with Crippen LogP contribution in [0, 0.1) is 0 Å². The molecular weight excluding hydrogens is 444 g/mol. The van der Waals surface area contributed by atoms with Crippen LogP contribution in [0.5, 0.6) is 0 Å². The number of hydrogen-bond acceptors (Lipinski definition) is 7. The first-order valence-electron chi connectivity index (χ1n) is 5.47. The lowest BCUT2D eigenvalue weighted by atomic mass is 10.1. The van der Waals surface area contributed by atoms with Crippen LogP contribution in [-0.4, -0.2) is 21.9 Å². The predicted octanol–water partition coefficient (Wildman–Crippen LogP) is 4.18. The molecule has 9 heteroatoms. The fourth-order valence-corrected chi connectivity index (χ4v) is 4.28. The lowest BCUT2D eigenvalue weighted by Gasteiger charge is -1.95. The van der Waals surface area contributed by atoms with Crippen LogP contribution < -0.4 is 0 Å². The molecule has 3 rings (SSSR count). The fraction of sp³-hybridized carbons (Fsp3) is 0. The van der Waals surface area contributed by atoms with Crippen LogP contribution in [0.2, 0.25) is 0 Å². The number of ketones is 2. The Hall–Kier alpha value is -1.16. The Morgan fingerprint density at radius 3 is 2.24 bits per heavy atom. The molecule has 3 heterocycles. The zero-order valence-corrected chi connectivity index (χ0v) is 14.8. The minimum atomic E-state index is -0.383. The molecule has 21 heavy (non-hydrogen) atoms. The van der Waals surface area contributed by atoms with Crippen molar-refractivity contribution in [3.8, 4) is 0 Å². The zero-order valence-electron chi connectivity index (χ0n) is 10.0. The Morgan fingerprint density at radius 1 is 1.05 bits per heavy atom. The Balaban J connectivity index is 1.97. The lowest BCUT2D eigenvalue weighted by Crippen LogP contribution is -2.09. The van der Waals surface area contributed by atoms with Gasteiger partial charge in [0.05, 0.1) is 13.5 Å². The van der Waals surface area contributed by atoms with Gasteiger partial charge in [-0.05, 0) is 60.4 Å². The van der Waals surface area contributed by atoms with Gasteiger partial charge in [-0.1, -0.05) is 0 Å². The molecule has 0 bridgehead atoms. The molecule has 0 radical (unpaired) electrons. The molecule has 3 aromatic rings. The number of nitrogens with zero attached hydrogens (tertiary/aromatic N) is 2. The number of aromatic nitrogens is 2. The molecule has 0 aromatic carbocycles. The Morgan fingerprint density at radius 2 is 1.71 bits per heavy atom. The van der Waals surface area contributed by atoms with Crippen LogP contribution in [0.3, 0.4) is 0 Å². The summed E-state index contributed by atoms with van der Waals surface area (Å²) >= 11 is 9.08. The van der Waals surface area contributed by atoms with Gasteiger partial charge < -0.3 is 0 Å². The Kier molecular flexibility index (Phi) is 4.16. The fourth-order valence-electron chi connectivity index (χ4n) is 1.59. The molecule has 5 nitrogen and oxygen atoms in total. The van der Waals surface area contributed by atoms with Crippen molar-refractivity contribution < 1.29 is 14.2 Å². The van der Waals surface area contributed by atoms with E-state index < -0.39 is 0 Å². The summed E-state index contributed by atoms with van der Waals surface area (Å²) in [7, 11) is 0. The highest BCUT2D eigenvalue weighted by Gasteiger charge is 2.27. The first kappa shape index (κ1) is 14.8. The van der Waals surface area contributed by atoms with Gasteiger partial charge in [0.15, 0.2) is 11.4 Å². The maximum Gasteiger partial charge on any atom is 0.227 e. The minimum Gasteiger partial charge on any atom is -0.286 e. The SMILES string of the molecule is O=C(c1cc(Br)cs1)c1nonc1C(=O)c1ccc(Br)s1. The summed E-state index contributed by atoms with van der Waals surface area (Å²) in [6.07, 6.45) is 0. The first-order valence-corrected chi connectivity index (χ1v) is 8.76. The maximum atomic E-state index is 12.4. The number of carbonyl (C=O) groups is 2. The van der Waals surface area contributed by atoms with Crippen molar-refractivity contribution in [2.45, 2.75) is 0 Å². The highest BCUT2D eigenvalue weighted by molar-refractivity contribution is 9.11. The summed E-state index contributed by atoms with van der Waals surface area (Å²) in [6.45, 7) is 0. The van der Waals surface area contributed by atoms with E-state index in [-0.39, 0.29) is 23.0 Å². The molecule has 0 atom stereocenters. The van der Waals surface area contributed by atoms with E-state index in [9.17, 15) is 9.59 Å². The van der Waals surface area contributed by atoms with Gasteiger partial charge in [-0.3, -0.25) is 9.59 Å². The smallest absolute Gasteiger partial charge is 0.227 e. The molecule has 0 aliphatic carbocycles. The second kappa shape index (κ2) is 5.91. The summed E-state index contributed by atoms with van der Waals surface area (Å²) in [5.74, 6) is -0.767. The Labute approximate surface area is 143 Å². The predicted molar refractivity (Wildman–Crippen MR) is 85.2 cm³/mol. The van der Waals surface area contributed by atoms with Crippen LogP contribution in [0.1, 0.15) is 30.7 Å². The highest BCUT2D eigenvalue weighted by Crippen LogP contribution is 2.26. The van der Waals surface area contributed by atoms with Gasteiger partial charge in [0.1, 0.15) is 0 Å². The molecule has 3 aromatic heterocycles. The van der Waals surface area contributed by atoms with Crippen molar-refractivity contribution in [3.63, 3.8) is 0 Å². The van der Waals surface area contributed by atoms with Gasteiger partial charge in [0.25, 0.3) is 0 Å². The van der Waals surface area contributed by atoms with E-state index in [4.69, 9.17) is 0 Å². The van der Waals surface area contributed by atoms with E-state index in [1.807, 2.05) is 0 Å². The zero-order chi connectivity index (χ0) is 15.0. The molecule has 106 valence electrons. The second-order valence-electron chi connectivity index (χ2n) is 3.85. The molecule has 0 unspecified atom stereocenters. The van der Waals surface area contributed by atoms with E-state index in [0.717, 1.165) is 8.26 Å². The highest BCUT2D eigenvalue weighted by atomic mass is 79.9. The second-order valence-corrected chi connectivity index (χ2v) is 8.14. The van der Waals surface area contributed by atoms with E-state index in [1.54, 1.807) is 23.6 Å². The van der Waals surface area contributed by atoms with Crippen LogP contribution in [0.25, 0.3) is 0 Å². The van der Waals surface area contributed by atoms with Crippen molar-refractivity contribution in [2.24, 2.45) is 0 Å². The van der Waals surface area contributed by atoms with E-state index in [2.05, 4.69) is 46.8 Å². The molecule has 0 aliphatic heterocycles. The van der Waals surface area contributed by atoms with Crippen LogP contribution in [0.15, 0.2) is 36.5 Å². The third kappa shape index (κ3) is 2.91. The van der Waals surface area contributed by atoms with E-state index >= 15 is 0 Å². The molecule has 0 saturated heterocycles. The van der Waals surface area contributed by atoms with Crippen molar-refractivity contribution in [3.05, 3.63) is 53.0 Å². The van der Waals surface area contributed by atoms with Gasteiger partial charge in [-0.25, -0.2) is 4.63 Å². The molecule has 0 N–H and O–H groups in total. The average Bonchev–Trinajstić information content (AvgIpc) is 3.17. The van der Waals surface area contributed by atoms with Gasteiger partial charge in [0.2, 0.25) is 11.6 Å². The normalized spacial score (nSPS) is 10.8. The largest absolute Gasteiger partial charge is 0.286 e. The number of hydrogen-bond donors (Lipinski definition) is 0. The molecule has 0 fully saturated rings. The summed E-state index contributed by atoms with van der Waals surface area (Å²) in [6, 6.07) is 5.07. The molecule has 0 aliphatic rings. The van der Waals surface area contributed by atoms with Crippen LogP contribution in [0.4, 0.5) is 0 Å².